The molecule has 3 nitrogen and oxygen atoms in total. The van der Waals surface area contributed by atoms with Gasteiger partial charge in [0.2, 0.25) is 0 Å². The summed E-state index contributed by atoms with van der Waals surface area (Å²) in [6.07, 6.45) is 0.634. The summed E-state index contributed by atoms with van der Waals surface area (Å²) in [5, 5.41) is 9.26. The number of epoxide rings is 1. The average molecular weight is 208 g/mol. The second-order valence-electron chi connectivity index (χ2n) is 3.97. The van der Waals surface area contributed by atoms with Crippen molar-refractivity contribution in [1.82, 2.24) is 0 Å². The zero-order chi connectivity index (χ0) is 10.7. The summed E-state index contributed by atoms with van der Waals surface area (Å²) in [5.74, 6) is 0.851. The Morgan fingerprint density at radius 1 is 1.60 bits per heavy atom. The van der Waals surface area contributed by atoms with Crippen molar-refractivity contribution >= 4 is 0 Å². The van der Waals surface area contributed by atoms with Crippen molar-refractivity contribution in [2.75, 3.05) is 13.2 Å². The molecule has 1 fully saturated rings. The summed E-state index contributed by atoms with van der Waals surface area (Å²) in [7, 11) is 0. The van der Waals surface area contributed by atoms with Gasteiger partial charge in [-0.15, -0.1) is 0 Å². The molecule has 2 rings (SSSR count). The van der Waals surface area contributed by atoms with Crippen LogP contribution in [0.2, 0.25) is 0 Å². The first-order chi connectivity index (χ1) is 7.24. The highest BCUT2D eigenvalue weighted by atomic mass is 16.6. The molecule has 1 N–H and O–H groups in total. The maximum atomic E-state index is 9.26. The minimum absolute atomic E-state index is 0.283. The van der Waals surface area contributed by atoms with Gasteiger partial charge in [-0.3, -0.25) is 0 Å². The molecule has 82 valence electrons. The third kappa shape index (κ3) is 3.53. The van der Waals surface area contributed by atoms with E-state index in [2.05, 4.69) is 0 Å². The van der Waals surface area contributed by atoms with Crippen LogP contribution < -0.4 is 4.74 Å². The zero-order valence-corrected chi connectivity index (χ0v) is 8.85. The van der Waals surface area contributed by atoms with Gasteiger partial charge in [0, 0.05) is 0 Å². The highest BCUT2D eigenvalue weighted by Crippen LogP contribution is 2.17. The maximum Gasteiger partial charge on any atom is 0.119 e. The maximum absolute atomic E-state index is 9.26. The van der Waals surface area contributed by atoms with Gasteiger partial charge in [-0.2, -0.15) is 0 Å². The van der Waals surface area contributed by atoms with Crippen LogP contribution in [0, 0.1) is 0 Å². The van der Waals surface area contributed by atoms with E-state index in [-0.39, 0.29) is 12.2 Å². The third-order valence-electron chi connectivity index (χ3n) is 2.27. The van der Waals surface area contributed by atoms with E-state index >= 15 is 0 Å². The summed E-state index contributed by atoms with van der Waals surface area (Å²) in [5.41, 5.74) is 1.10. The van der Waals surface area contributed by atoms with E-state index in [0.29, 0.717) is 13.0 Å². The molecule has 0 unspecified atom stereocenters. The summed E-state index contributed by atoms with van der Waals surface area (Å²) in [4.78, 5) is 0. The fraction of sp³-hybridized carbons (Fsp3) is 0.500. The van der Waals surface area contributed by atoms with E-state index in [1.807, 2.05) is 24.3 Å². The van der Waals surface area contributed by atoms with Crippen LogP contribution in [0.5, 0.6) is 5.75 Å². The van der Waals surface area contributed by atoms with Crippen LogP contribution in [-0.2, 0) is 11.2 Å². The van der Waals surface area contributed by atoms with Gasteiger partial charge in [0.15, 0.2) is 0 Å². The predicted octanol–water partition coefficient (Wildman–Crippen LogP) is 1.39. The van der Waals surface area contributed by atoms with Crippen LogP contribution in [0.1, 0.15) is 12.5 Å². The Morgan fingerprint density at radius 3 is 3.07 bits per heavy atom. The number of rotatable bonds is 5. The Labute approximate surface area is 89.6 Å². The van der Waals surface area contributed by atoms with E-state index in [9.17, 15) is 5.11 Å². The zero-order valence-electron chi connectivity index (χ0n) is 8.85. The summed E-state index contributed by atoms with van der Waals surface area (Å²) >= 11 is 0. The fourth-order valence-corrected chi connectivity index (χ4v) is 1.46. The van der Waals surface area contributed by atoms with Gasteiger partial charge in [0.05, 0.1) is 12.7 Å². The summed E-state index contributed by atoms with van der Waals surface area (Å²) < 4.78 is 10.6. The van der Waals surface area contributed by atoms with Crippen molar-refractivity contribution in [1.29, 1.82) is 0 Å². The number of ether oxygens (including phenoxy) is 2. The summed E-state index contributed by atoms with van der Waals surface area (Å²) in [6.45, 7) is 3.22. The van der Waals surface area contributed by atoms with Gasteiger partial charge >= 0.3 is 0 Å². The average Bonchev–Trinajstić information content (AvgIpc) is 2.97. The van der Waals surface area contributed by atoms with Crippen molar-refractivity contribution in [3.05, 3.63) is 29.8 Å². The highest BCUT2D eigenvalue weighted by molar-refractivity contribution is 5.28. The molecule has 0 amide bonds. The number of hydrogen-bond donors (Lipinski definition) is 1. The predicted molar refractivity (Wildman–Crippen MR) is 57.1 cm³/mol. The molecule has 1 aliphatic heterocycles. The first-order valence-electron chi connectivity index (χ1n) is 5.25. The molecule has 0 spiro atoms. The molecule has 0 aliphatic carbocycles. The second-order valence-corrected chi connectivity index (χ2v) is 3.97. The molecule has 0 aromatic heterocycles. The molecule has 0 bridgehead atoms. The van der Waals surface area contributed by atoms with Crippen LogP contribution in [0.25, 0.3) is 0 Å². The number of aliphatic hydroxyl groups is 1. The monoisotopic (exact) mass is 208 g/mol. The van der Waals surface area contributed by atoms with E-state index < -0.39 is 0 Å². The smallest absolute Gasteiger partial charge is 0.119 e. The standard InChI is InChI=1S/C12H16O3/c1-9(13)5-10-3-2-4-11(6-10)14-7-12-8-15-12/h2-4,6,9,12-13H,5,7-8H2,1H3/t9-,12+/m1/s1. The Balaban J connectivity index is 1.91. The van der Waals surface area contributed by atoms with Gasteiger partial charge < -0.3 is 14.6 Å². The Kier molecular flexibility index (Phi) is 3.23. The number of hydrogen-bond acceptors (Lipinski definition) is 3. The molecular weight excluding hydrogens is 192 g/mol. The molecule has 15 heavy (non-hydrogen) atoms. The van der Waals surface area contributed by atoms with E-state index in [1.54, 1.807) is 6.92 Å². The molecule has 1 heterocycles. The first-order valence-corrected chi connectivity index (χ1v) is 5.25. The van der Waals surface area contributed by atoms with Crippen LogP contribution >= 0.6 is 0 Å². The Bertz CT molecular complexity index is 318. The Hall–Kier alpha value is -1.06. The van der Waals surface area contributed by atoms with Gasteiger partial charge in [-0.1, -0.05) is 12.1 Å². The van der Waals surface area contributed by atoms with Crippen LogP contribution in [0.3, 0.4) is 0 Å². The van der Waals surface area contributed by atoms with E-state index in [4.69, 9.17) is 9.47 Å². The topological polar surface area (TPSA) is 42.0 Å². The number of benzene rings is 1. The molecule has 0 radical (unpaired) electrons. The fourth-order valence-electron chi connectivity index (χ4n) is 1.46. The molecular formula is C12H16O3. The third-order valence-corrected chi connectivity index (χ3v) is 2.27. The van der Waals surface area contributed by atoms with Gasteiger partial charge in [0.1, 0.15) is 18.5 Å². The van der Waals surface area contributed by atoms with E-state index in [1.165, 1.54) is 0 Å². The van der Waals surface area contributed by atoms with Crippen LogP contribution in [0.15, 0.2) is 24.3 Å². The molecule has 0 saturated carbocycles. The highest BCUT2D eigenvalue weighted by Gasteiger charge is 2.22. The first kappa shape index (κ1) is 10.5. The minimum Gasteiger partial charge on any atom is -0.491 e. The molecule has 3 heteroatoms. The molecule has 2 atom stereocenters. The van der Waals surface area contributed by atoms with Gasteiger partial charge in [0.25, 0.3) is 0 Å². The number of aliphatic hydroxyl groups excluding tert-OH is 1. The van der Waals surface area contributed by atoms with E-state index in [0.717, 1.165) is 17.9 Å². The second kappa shape index (κ2) is 4.64. The van der Waals surface area contributed by atoms with Crippen LogP contribution in [0.4, 0.5) is 0 Å². The minimum atomic E-state index is -0.313. The summed E-state index contributed by atoms with van der Waals surface area (Å²) in [6, 6.07) is 7.83. The molecule has 1 saturated heterocycles. The largest absolute Gasteiger partial charge is 0.491 e. The SMILES string of the molecule is C[C@@H](O)Cc1cccc(OC[C@H]2CO2)c1. The van der Waals surface area contributed by atoms with Gasteiger partial charge in [-0.25, -0.2) is 0 Å². The normalized spacial score (nSPS) is 21.1. The lowest BCUT2D eigenvalue weighted by Crippen LogP contribution is -2.06. The Morgan fingerprint density at radius 2 is 2.40 bits per heavy atom. The molecule has 1 aromatic carbocycles. The van der Waals surface area contributed by atoms with Crippen molar-refractivity contribution in [2.24, 2.45) is 0 Å². The molecule has 1 aromatic rings. The van der Waals surface area contributed by atoms with Crippen molar-refractivity contribution in [3.8, 4) is 5.75 Å². The quantitative estimate of drug-likeness (QED) is 0.743. The van der Waals surface area contributed by atoms with Crippen LogP contribution in [-0.4, -0.2) is 30.5 Å². The lowest BCUT2D eigenvalue weighted by Gasteiger charge is -2.08. The van der Waals surface area contributed by atoms with Crippen molar-refractivity contribution < 1.29 is 14.6 Å². The van der Waals surface area contributed by atoms with Gasteiger partial charge in [-0.05, 0) is 31.0 Å². The van der Waals surface area contributed by atoms with Crippen molar-refractivity contribution in [2.45, 2.75) is 25.6 Å². The molecule has 1 aliphatic rings. The lowest BCUT2D eigenvalue weighted by atomic mass is 10.1. The lowest BCUT2D eigenvalue weighted by molar-refractivity contribution is 0.195. The van der Waals surface area contributed by atoms with Crippen molar-refractivity contribution in [3.63, 3.8) is 0 Å².